The number of hydrogen-bond acceptors (Lipinski definition) is 9. The van der Waals surface area contributed by atoms with Crippen LogP contribution < -0.4 is 5.32 Å². The molecule has 1 aromatic heterocycles. The molecule has 0 amide bonds. The number of thiazole rings is 1. The van der Waals surface area contributed by atoms with Gasteiger partial charge in [0.05, 0.1) is 37.6 Å². The third-order valence-electron chi connectivity index (χ3n) is 5.32. The minimum absolute atomic E-state index is 0. The van der Waals surface area contributed by atoms with Crippen molar-refractivity contribution < 1.29 is 28.6 Å². The van der Waals surface area contributed by atoms with Gasteiger partial charge in [0.2, 0.25) is 0 Å². The van der Waals surface area contributed by atoms with E-state index in [0.29, 0.717) is 35.3 Å². The van der Waals surface area contributed by atoms with Crippen molar-refractivity contribution in [2.75, 3.05) is 33.4 Å². The SMILES string of the molecule is COC(=O)C1=C(CN2CCOCC2C(=O)O)N=C(c2nccs2)NC1c1ccc(F)cc1Cl.[NaH]. The number of nitrogens with one attached hydrogen (secondary N) is 1. The van der Waals surface area contributed by atoms with Crippen molar-refractivity contribution in [1.82, 2.24) is 15.2 Å². The normalized spacial score (nSPS) is 20.7. The maximum absolute atomic E-state index is 13.7. The molecule has 0 aliphatic carbocycles. The number of carbonyl (C=O) groups is 2. The molecule has 13 heteroatoms. The third kappa shape index (κ3) is 5.68. The van der Waals surface area contributed by atoms with Crippen molar-refractivity contribution in [3.63, 3.8) is 0 Å². The molecule has 2 unspecified atom stereocenters. The van der Waals surface area contributed by atoms with Crippen molar-refractivity contribution in [3.05, 3.63) is 62.5 Å². The zero-order chi connectivity index (χ0) is 23.5. The molecule has 0 spiro atoms. The number of ether oxygens (including phenoxy) is 2. The van der Waals surface area contributed by atoms with Crippen LogP contribution in [0.25, 0.3) is 0 Å². The summed E-state index contributed by atoms with van der Waals surface area (Å²) < 4.78 is 24.1. The fourth-order valence-electron chi connectivity index (χ4n) is 3.74. The van der Waals surface area contributed by atoms with Crippen molar-refractivity contribution in [1.29, 1.82) is 0 Å². The predicted octanol–water partition coefficient (Wildman–Crippen LogP) is 1.59. The molecule has 1 saturated heterocycles. The molecular formula is C21H21ClFN4NaO5S. The molecule has 1 aromatic carbocycles. The monoisotopic (exact) mass is 518 g/mol. The van der Waals surface area contributed by atoms with E-state index < -0.39 is 29.8 Å². The van der Waals surface area contributed by atoms with E-state index in [1.807, 2.05) is 0 Å². The Morgan fingerprint density at radius 3 is 2.88 bits per heavy atom. The van der Waals surface area contributed by atoms with Crippen LogP contribution >= 0.6 is 22.9 Å². The predicted molar refractivity (Wildman–Crippen MR) is 126 cm³/mol. The van der Waals surface area contributed by atoms with Crippen LogP contribution in [-0.2, 0) is 19.1 Å². The van der Waals surface area contributed by atoms with Crippen LogP contribution in [0.5, 0.6) is 0 Å². The maximum atomic E-state index is 13.7. The number of hydrogen-bond donors (Lipinski definition) is 2. The molecule has 9 nitrogen and oxygen atoms in total. The molecule has 176 valence electrons. The molecule has 2 aliphatic heterocycles. The number of carbonyl (C=O) groups excluding carboxylic acids is 1. The Labute approximate surface area is 225 Å². The molecule has 4 rings (SSSR count). The average molecular weight is 519 g/mol. The number of aromatic nitrogens is 1. The Morgan fingerprint density at radius 1 is 1.44 bits per heavy atom. The molecule has 3 heterocycles. The van der Waals surface area contributed by atoms with Gasteiger partial charge in [-0.3, -0.25) is 9.69 Å². The first-order valence-corrected chi connectivity index (χ1v) is 11.2. The van der Waals surface area contributed by atoms with Crippen LogP contribution in [0.2, 0.25) is 5.02 Å². The second-order valence-corrected chi connectivity index (χ2v) is 8.59. The van der Waals surface area contributed by atoms with Gasteiger partial charge in [-0.15, -0.1) is 11.3 Å². The number of nitrogens with zero attached hydrogens (tertiary/aromatic N) is 3. The number of aliphatic imine (C=N–C) groups is 1. The van der Waals surface area contributed by atoms with E-state index >= 15 is 0 Å². The Kier molecular flexibility index (Phi) is 9.21. The molecular weight excluding hydrogens is 498 g/mol. The van der Waals surface area contributed by atoms with E-state index in [-0.39, 0.29) is 53.3 Å². The van der Waals surface area contributed by atoms with E-state index in [1.165, 1.54) is 30.6 Å². The molecule has 2 N–H and O–H groups in total. The van der Waals surface area contributed by atoms with Crippen LogP contribution in [0.15, 0.2) is 46.0 Å². The number of halogens is 2. The topological polar surface area (TPSA) is 113 Å². The first-order valence-electron chi connectivity index (χ1n) is 9.95. The van der Waals surface area contributed by atoms with Gasteiger partial charge >= 0.3 is 41.5 Å². The van der Waals surface area contributed by atoms with Gasteiger partial charge in [-0.25, -0.2) is 19.2 Å². The van der Waals surface area contributed by atoms with Gasteiger partial charge in [0.15, 0.2) is 10.8 Å². The summed E-state index contributed by atoms with van der Waals surface area (Å²) >= 11 is 7.68. The van der Waals surface area contributed by atoms with E-state index in [1.54, 1.807) is 16.5 Å². The number of esters is 1. The Hall–Kier alpha value is -1.86. The van der Waals surface area contributed by atoms with Crippen molar-refractivity contribution in [2.24, 2.45) is 4.99 Å². The fraction of sp³-hybridized carbons (Fsp3) is 0.333. The second-order valence-electron chi connectivity index (χ2n) is 7.29. The quantitative estimate of drug-likeness (QED) is 0.438. The van der Waals surface area contributed by atoms with Crippen molar-refractivity contribution in [3.8, 4) is 0 Å². The Morgan fingerprint density at radius 2 is 2.24 bits per heavy atom. The standard InChI is InChI=1S/C21H20ClFN4O5S.Na.H/c1-31-21(30)16-14(9-27-5-6-32-10-15(27)20(28)29)25-18(19-24-4-7-33-19)26-17(16)12-3-2-11(23)8-13(12)22;;/h2-4,7-8,15,17H,5-6,9-10H2,1H3,(H,25,26)(H,28,29);;. The van der Waals surface area contributed by atoms with Gasteiger partial charge < -0.3 is 19.9 Å². The average Bonchev–Trinajstić information content (AvgIpc) is 3.33. The molecule has 0 radical (unpaired) electrons. The molecule has 2 aliphatic rings. The zero-order valence-electron chi connectivity index (χ0n) is 17.5. The van der Waals surface area contributed by atoms with Gasteiger partial charge in [0.1, 0.15) is 11.9 Å². The van der Waals surface area contributed by atoms with E-state index in [4.69, 9.17) is 21.1 Å². The number of amidine groups is 1. The number of aliphatic carboxylic acids is 1. The van der Waals surface area contributed by atoms with E-state index in [2.05, 4.69) is 15.3 Å². The second kappa shape index (κ2) is 11.7. The zero-order valence-corrected chi connectivity index (χ0v) is 19.0. The van der Waals surface area contributed by atoms with Crippen molar-refractivity contribution in [2.45, 2.75) is 12.1 Å². The summed E-state index contributed by atoms with van der Waals surface area (Å²) in [5, 5.41) is 15.2. The fourth-order valence-corrected chi connectivity index (χ4v) is 4.60. The number of carboxylic acid groups (broad SMARTS) is 1. The van der Waals surface area contributed by atoms with Crippen LogP contribution in [0.3, 0.4) is 0 Å². The summed E-state index contributed by atoms with van der Waals surface area (Å²) in [5.41, 5.74) is 0.906. The third-order valence-corrected chi connectivity index (χ3v) is 6.43. The minimum atomic E-state index is -1.04. The summed E-state index contributed by atoms with van der Waals surface area (Å²) in [5.74, 6) is -1.83. The van der Waals surface area contributed by atoms with Gasteiger partial charge in [0, 0.05) is 29.7 Å². The summed E-state index contributed by atoms with van der Waals surface area (Å²) in [4.78, 5) is 35.3. The molecule has 2 atom stereocenters. The number of benzene rings is 1. The first-order chi connectivity index (χ1) is 15.9. The van der Waals surface area contributed by atoms with Crippen LogP contribution in [0.4, 0.5) is 4.39 Å². The first kappa shape index (κ1) is 26.7. The van der Waals surface area contributed by atoms with Crippen molar-refractivity contribution >= 4 is 70.3 Å². The van der Waals surface area contributed by atoms with Crippen LogP contribution in [0.1, 0.15) is 16.6 Å². The van der Waals surface area contributed by atoms with Gasteiger partial charge in [0.25, 0.3) is 0 Å². The summed E-state index contributed by atoms with van der Waals surface area (Å²) in [6.45, 7) is 0.757. The molecule has 2 aromatic rings. The summed E-state index contributed by atoms with van der Waals surface area (Å²) in [6.07, 6.45) is 1.62. The number of carboxylic acids is 1. The molecule has 1 fully saturated rings. The molecule has 0 saturated carbocycles. The summed E-state index contributed by atoms with van der Waals surface area (Å²) in [7, 11) is 1.24. The molecule has 0 bridgehead atoms. The number of methoxy groups -OCH3 is 1. The van der Waals surface area contributed by atoms with Gasteiger partial charge in [-0.1, -0.05) is 17.7 Å². The molecule has 34 heavy (non-hydrogen) atoms. The van der Waals surface area contributed by atoms with Gasteiger partial charge in [-0.05, 0) is 17.7 Å². The van der Waals surface area contributed by atoms with E-state index in [9.17, 15) is 19.1 Å². The van der Waals surface area contributed by atoms with Gasteiger partial charge in [-0.2, -0.15) is 0 Å². The number of rotatable bonds is 6. The Balaban J connectivity index is 0.00000324. The van der Waals surface area contributed by atoms with Crippen LogP contribution in [0, 0.1) is 5.82 Å². The van der Waals surface area contributed by atoms with E-state index in [0.717, 1.165) is 6.07 Å². The summed E-state index contributed by atoms with van der Waals surface area (Å²) in [6, 6.07) is 2.17. The Bertz CT molecular complexity index is 1130. The van der Waals surface area contributed by atoms with Crippen LogP contribution in [-0.4, -0.2) is 102 Å². The number of morpholine rings is 1.